The SMILES string of the molecule is CCOC(=O)C(=[N+]=[N-])[C@@H](OC(=O)[C@H](OC)c1ccccc1)[C@H]1O[C@@H](OC)[C@@H]2OC(C)(C)O[C@@H]21. The molecule has 0 radical (unpaired) electrons. The predicted molar refractivity (Wildman–Crippen MR) is 111 cm³/mol. The first-order valence-electron chi connectivity index (χ1n) is 10.5. The van der Waals surface area contributed by atoms with Crippen molar-refractivity contribution in [1.29, 1.82) is 0 Å². The highest BCUT2D eigenvalue weighted by Gasteiger charge is 2.61. The second-order valence-electron chi connectivity index (χ2n) is 7.86. The fraction of sp³-hybridized carbons (Fsp3) is 0.591. The Morgan fingerprint density at radius 3 is 2.39 bits per heavy atom. The zero-order valence-corrected chi connectivity index (χ0v) is 19.1. The van der Waals surface area contributed by atoms with Crippen molar-refractivity contribution in [2.75, 3.05) is 20.8 Å². The van der Waals surface area contributed by atoms with Gasteiger partial charge in [0.05, 0.1) is 6.61 Å². The van der Waals surface area contributed by atoms with Gasteiger partial charge in [-0.2, -0.15) is 4.79 Å². The number of hydrogen-bond donors (Lipinski definition) is 0. The smallest absolute Gasteiger partial charge is 0.421 e. The van der Waals surface area contributed by atoms with Gasteiger partial charge in [0.25, 0.3) is 0 Å². The molecule has 11 nitrogen and oxygen atoms in total. The van der Waals surface area contributed by atoms with Gasteiger partial charge in [-0.3, -0.25) is 0 Å². The number of nitrogens with zero attached hydrogens (tertiary/aromatic N) is 2. The van der Waals surface area contributed by atoms with Gasteiger partial charge >= 0.3 is 17.7 Å². The quantitative estimate of drug-likeness (QED) is 0.230. The fourth-order valence-electron chi connectivity index (χ4n) is 3.91. The summed E-state index contributed by atoms with van der Waals surface area (Å²) < 4.78 is 39.0. The molecule has 2 saturated heterocycles. The minimum Gasteiger partial charge on any atom is -0.457 e. The molecule has 11 heteroatoms. The molecule has 0 aromatic heterocycles. The van der Waals surface area contributed by atoms with Crippen LogP contribution in [0, 0.1) is 0 Å². The molecule has 2 fully saturated rings. The van der Waals surface area contributed by atoms with Crippen LogP contribution in [0.1, 0.15) is 32.4 Å². The molecule has 0 bridgehead atoms. The van der Waals surface area contributed by atoms with Gasteiger partial charge in [-0.1, -0.05) is 30.3 Å². The maximum Gasteiger partial charge on any atom is 0.421 e. The molecule has 0 saturated carbocycles. The normalized spacial score (nSPS) is 27.2. The molecule has 0 N–H and O–H groups in total. The summed E-state index contributed by atoms with van der Waals surface area (Å²) in [5, 5.41) is 0. The molecule has 0 spiro atoms. The average Bonchev–Trinajstić information content (AvgIpc) is 3.27. The number of hydrogen-bond acceptors (Lipinski definition) is 9. The summed E-state index contributed by atoms with van der Waals surface area (Å²) >= 11 is 0. The maximum absolute atomic E-state index is 13.1. The monoisotopic (exact) mass is 464 g/mol. The summed E-state index contributed by atoms with van der Waals surface area (Å²) in [7, 11) is 2.77. The number of carbonyl (C=O) groups excluding carboxylic acids is 2. The largest absolute Gasteiger partial charge is 0.457 e. The number of rotatable bonds is 9. The molecular weight excluding hydrogens is 436 g/mol. The number of ether oxygens (including phenoxy) is 7. The van der Waals surface area contributed by atoms with Gasteiger partial charge < -0.3 is 38.7 Å². The first kappa shape index (κ1) is 25.0. The van der Waals surface area contributed by atoms with Crippen LogP contribution in [0.5, 0.6) is 0 Å². The van der Waals surface area contributed by atoms with Crippen molar-refractivity contribution in [1.82, 2.24) is 0 Å². The number of esters is 2. The molecule has 2 aliphatic heterocycles. The van der Waals surface area contributed by atoms with Crippen molar-refractivity contribution in [2.45, 2.75) is 63.4 Å². The van der Waals surface area contributed by atoms with E-state index in [4.69, 9.17) is 33.2 Å². The van der Waals surface area contributed by atoms with Crippen molar-refractivity contribution >= 4 is 17.7 Å². The van der Waals surface area contributed by atoms with E-state index in [0.29, 0.717) is 5.56 Å². The van der Waals surface area contributed by atoms with E-state index in [1.54, 1.807) is 51.1 Å². The number of carbonyl (C=O) groups is 2. The molecule has 0 amide bonds. The zero-order chi connectivity index (χ0) is 24.2. The second-order valence-corrected chi connectivity index (χ2v) is 7.86. The van der Waals surface area contributed by atoms with Crippen LogP contribution in [0.25, 0.3) is 5.53 Å². The van der Waals surface area contributed by atoms with Crippen LogP contribution in [0.15, 0.2) is 30.3 Å². The highest BCUT2D eigenvalue weighted by Crippen LogP contribution is 2.41. The summed E-state index contributed by atoms with van der Waals surface area (Å²) in [4.78, 5) is 28.7. The Hall–Kier alpha value is -2.66. The van der Waals surface area contributed by atoms with Gasteiger partial charge in [0.15, 0.2) is 18.2 Å². The third-order valence-corrected chi connectivity index (χ3v) is 5.23. The lowest BCUT2D eigenvalue weighted by molar-refractivity contribution is -0.237. The summed E-state index contributed by atoms with van der Waals surface area (Å²) in [6.07, 6.45) is -6.07. The van der Waals surface area contributed by atoms with Gasteiger partial charge in [0.2, 0.25) is 6.10 Å². The Morgan fingerprint density at radius 2 is 1.82 bits per heavy atom. The van der Waals surface area contributed by atoms with Crippen LogP contribution in [0.4, 0.5) is 0 Å². The first-order valence-corrected chi connectivity index (χ1v) is 10.5. The van der Waals surface area contributed by atoms with Gasteiger partial charge in [0.1, 0.15) is 18.3 Å². The predicted octanol–water partition coefficient (Wildman–Crippen LogP) is 1.41. The summed E-state index contributed by atoms with van der Waals surface area (Å²) in [5.74, 6) is -2.80. The first-order chi connectivity index (χ1) is 15.8. The number of fused-ring (bicyclic) bond motifs is 1. The average molecular weight is 464 g/mol. The van der Waals surface area contributed by atoms with E-state index in [1.165, 1.54) is 14.2 Å². The highest BCUT2D eigenvalue weighted by atomic mass is 16.8. The van der Waals surface area contributed by atoms with Crippen LogP contribution >= 0.6 is 0 Å². The van der Waals surface area contributed by atoms with Crippen LogP contribution in [0.2, 0.25) is 0 Å². The van der Waals surface area contributed by atoms with E-state index in [1.807, 2.05) is 0 Å². The molecule has 0 unspecified atom stereocenters. The molecule has 33 heavy (non-hydrogen) atoms. The number of benzene rings is 1. The third kappa shape index (κ3) is 5.30. The van der Waals surface area contributed by atoms with Crippen molar-refractivity contribution in [3.8, 4) is 0 Å². The lowest BCUT2D eigenvalue weighted by atomic mass is 10.0. The summed E-state index contributed by atoms with van der Waals surface area (Å²) in [6.45, 7) is 5.01. The highest BCUT2D eigenvalue weighted by molar-refractivity contribution is 6.36. The topological polar surface area (TPSA) is 135 Å². The van der Waals surface area contributed by atoms with E-state index < -0.39 is 60.2 Å². The zero-order valence-electron chi connectivity index (χ0n) is 19.1. The van der Waals surface area contributed by atoms with Crippen molar-refractivity contribution in [3.05, 3.63) is 41.4 Å². The summed E-state index contributed by atoms with van der Waals surface area (Å²) in [6, 6.07) is 8.65. The van der Waals surface area contributed by atoms with Crippen LogP contribution in [0.3, 0.4) is 0 Å². The minimum atomic E-state index is -1.51. The van der Waals surface area contributed by atoms with Crippen molar-refractivity contribution < 1.29 is 47.5 Å². The van der Waals surface area contributed by atoms with E-state index >= 15 is 0 Å². The van der Waals surface area contributed by atoms with Crippen molar-refractivity contribution in [2.24, 2.45) is 0 Å². The Kier molecular flexibility index (Phi) is 7.96. The van der Waals surface area contributed by atoms with Gasteiger partial charge in [-0.15, -0.1) is 0 Å². The Labute approximate surface area is 191 Å². The van der Waals surface area contributed by atoms with Gasteiger partial charge in [0, 0.05) is 14.2 Å². The number of methoxy groups -OCH3 is 2. The maximum atomic E-state index is 13.1. The van der Waals surface area contributed by atoms with Gasteiger partial charge in [-0.25, -0.2) is 9.59 Å². The molecule has 2 heterocycles. The standard InChI is InChI=1S/C22H28N2O9/c1-6-29-19(25)13(24-23)15(30-20(26)14(27-4)12-10-8-7-9-11-12)16-17-18(21(28-5)31-16)33-22(2,3)32-17/h7-11,14-18,21H,6H2,1-5H3/t14-,15-,16-,17-,18-,21-/m1/s1. The summed E-state index contributed by atoms with van der Waals surface area (Å²) in [5.41, 5.74) is 9.62. The molecular formula is C22H28N2O9. The molecule has 0 aliphatic carbocycles. The van der Waals surface area contributed by atoms with Crippen LogP contribution in [-0.2, 0) is 42.7 Å². The van der Waals surface area contributed by atoms with Crippen molar-refractivity contribution in [3.63, 3.8) is 0 Å². The Morgan fingerprint density at radius 1 is 1.15 bits per heavy atom. The molecule has 2 aliphatic rings. The molecule has 1 aromatic carbocycles. The lowest BCUT2D eigenvalue weighted by Gasteiger charge is -2.27. The second kappa shape index (κ2) is 10.5. The van der Waals surface area contributed by atoms with Crippen LogP contribution < -0.4 is 0 Å². The molecule has 180 valence electrons. The van der Waals surface area contributed by atoms with E-state index in [-0.39, 0.29) is 6.61 Å². The Balaban J connectivity index is 1.95. The van der Waals surface area contributed by atoms with Crippen LogP contribution in [-0.4, -0.2) is 79.8 Å². The molecule has 6 atom stereocenters. The van der Waals surface area contributed by atoms with E-state index in [2.05, 4.69) is 4.79 Å². The Bertz CT molecular complexity index is 900. The minimum absolute atomic E-state index is 0.00808. The van der Waals surface area contributed by atoms with Gasteiger partial charge in [-0.05, 0) is 26.3 Å². The lowest BCUT2D eigenvalue weighted by Crippen LogP contribution is -2.49. The fourth-order valence-corrected chi connectivity index (χ4v) is 3.91. The van der Waals surface area contributed by atoms with E-state index in [0.717, 1.165) is 0 Å². The molecule has 3 rings (SSSR count). The molecule has 1 aromatic rings. The third-order valence-electron chi connectivity index (χ3n) is 5.23. The van der Waals surface area contributed by atoms with E-state index in [9.17, 15) is 15.1 Å².